The highest BCUT2D eigenvalue weighted by Gasteiger charge is 2.11. The van der Waals surface area contributed by atoms with E-state index in [9.17, 15) is 9.59 Å². The summed E-state index contributed by atoms with van der Waals surface area (Å²) in [6.07, 6.45) is 4.69. The second kappa shape index (κ2) is 8.30. The molecule has 0 atom stereocenters. The summed E-state index contributed by atoms with van der Waals surface area (Å²) in [5.41, 5.74) is 7.19. The number of aromatic nitrogens is 2. The van der Waals surface area contributed by atoms with Crippen LogP contribution in [-0.2, 0) is 4.74 Å². The van der Waals surface area contributed by atoms with Gasteiger partial charge < -0.3 is 9.30 Å². The van der Waals surface area contributed by atoms with Crippen LogP contribution in [-0.4, -0.2) is 34.8 Å². The van der Waals surface area contributed by atoms with Gasteiger partial charge in [-0.3, -0.25) is 9.78 Å². The van der Waals surface area contributed by atoms with Crippen molar-refractivity contribution in [3.63, 3.8) is 0 Å². The highest BCUT2D eigenvalue weighted by atomic mass is 16.5. The number of esters is 1. The van der Waals surface area contributed by atoms with Gasteiger partial charge in [-0.15, -0.1) is 0 Å². The predicted molar refractivity (Wildman–Crippen MR) is 106 cm³/mol. The molecule has 1 aromatic carbocycles. The number of hydrogen-bond acceptors (Lipinski definition) is 5. The van der Waals surface area contributed by atoms with Gasteiger partial charge in [-0.05, 0) is 56.3 Å². The van der Waals surface area contributed by atoms with Crippen LogP contribution in [0.25, 0.3) is 5.69 Å². The fraction of sp³-hybridized carbons (Fsp3) is 0.143. The van der Waals surface area contributed by atoms with E-state index in [0.29, 0.717) is 11.1 Å². The van der Waals surface area contributed by atoms with Crippen molar-refractivity contribution in [3.8, 4) is 5.69 Å². The first-order chi connectivity index (χ1) is 13.5. The van der Waals surface area contributed by atoms with E-state index in [1.165, 1.54) is 13.3 Å². The second-order valence-corrected chi connectivity index (χ2v) is 6.14. The summed E-state index contributed by atoms with van der Waals surface area (Å²) in [6, 6.07) is 12.5. The lowest BCUT2D eigenvalue weighted by molar-refractivity contribution is 0.0600. The molecule has 3 aromatic rings. The maximum atomic E-state index is 12.0. The van der Waals surface area contributed by atoms with Gasteiger partial charge in [0.2, 0.25) is 0 Å². The van der Waals surface area contributed by atoms with E-state index in [4.69, 9.17) is 4.74 Å². The molecule has 0 bridgehead atoms. The number of nitrogens with zero attached hydrogens (tertiary/aromatic N) is 3. The number of pyridine rings is 1. The SMILES string of the molecule is COC(=O)c1ccc(-n2c(C)cc(/C=N\NC(=O)c3cccnc3)c2C)cc1. The van der Waals surface area contributed by atoms with Crippen LogP contribution in [0.4, 0.5) is 0 Å². The summed E-state index contributed by atoms with van der Waals surface area (Å²) in [6.45, 7) is 3.94. The highest BCUT2D eigenvalue weighted by molar-refractivity contribution is 5.94. The van der Waals surface area contributed by atoms with E-state index < -0.39 is 0 Å². The Morgan fingerprint density at radius 1 is 1.14 bits per heavy atom. The summed E-state index contributed by atoms with van der Waals surface area (Å²) in [5, 5.41) is 4.05. The maximum absolute atomic E-state index is 12.0. The third kappa shape index (κ3) is 3.98. The number of carbonyl (C=O) groups is 2. The van der Waals surface area contributed by atoms with E-state index in [1.807, 2.05) is 36.6 Å². The highest BCUT2D eigenvalue weighted by Crippen LogP contribution is 2.20. The molecule has 2 heterocycles. The Hall–Kier alpha value is -3.74. The first kappa shape index (κ1) is 19.0. The van der Waals surface area contributed by atoms with Crippen molar-refractivity contribution in [2.75, 3.05) is 7.11 Å². The van der Waals surface area contributed by atoms with Gasteiger partial charge in [0.15, 0.2) is 0 Å². The molecule has 0 fully saturated rings. The summed E-state index contributed by atoms with van der Waals surface area (Å²) < 4.78 is 6.77. The van der Waals surface area contributed by atoms with Crippen molar-refractivity contribution in [2.24, 2.45) is 5.10 Å². The monoisotopic (exact) mass is 376 g/mol. The van der Waals surface area contributed by atoms with Crippen molar-refractivity contribution < 1.29 is 14.3 Å². The molecule has 0 saturated carbocycles. The van der Waals surface area contributed by atoms with Crippen LogP contribution in [0.2, 0.25) is 0 Å². The topological polar surface area (TPSA) is 85.6 Å². The van der Waals surface area contributed by atoms with Gasteiger partial charge >= 0.3 is 5.97 Å². The number of ether oxygens (including phenoxy) is 1. The smallest absolute Gasteiger partial charge is 0.337 e. The Bertz CT molecular complexity index is 1020. The van der Waals surface area contributed by atoms with Crippen LogP contribution < -0.4 is 5.43 Å². The zero-order valence-electron chi connectivity index (χ0n) is 15.8. The van der Waals surface area contributed by atoms with Crippen LogP contribution in [0.1, 0.15) is 37.7 Å². The molecule has 7 nitrogen and oxygen atoms in total. The molecule has 0 aliphatic carbocycles. The first-order valence-corrected chi connectivity index (χ1v) is 8.62. The molecule has 1 amide bonds. The van der Waals surface area contributed by atoms with E-state index in [1.54, 1.807) is 36.7 Å². The van der Waals surface area contributed by atoms with Crippen molar-refractivity contribution in [2.45, 2.75) is 13.8 Å². The number of rotatable bonds is 5. The molecule has 0 unspecified atom stereocenters. The normalized spacial score (nSPS) is 10.8. The van der Waals surface area contributed by atoms with Gasteiger partial charge in [-0.1, -0.05) is 0 Å². The molecule has 0 spiro atoms. The molecule has 0 radical (unpaired) electrons. The van der Waals surface area contributed by atoms with Gasteiger partial charge in [0.05, 0.1) is 24.5 Å². The zero-order chi connectivity index (χ0) is 20.1. The van der Waals surface area contributed by atoms with Gasteiger partial charge in [0, 0.05) is 35.0 Å². The molecule has 0 saturated heterocycles. The average Bonchev–Trinajstić information content (AvgIpc) is 3.01. The van der Waals surface area contributed by atoms with E-state index >= 15 is 0 Å². The Morgan fingerprint density at radius 2 is 1.89 bits per heavy atom. The largest absolute Gasteiger partial charge is 0.465 e. The van der Waals surface area contributed by atoms with Crippen molar-refractivity contribution in [1.29, 1.82) is 0 Å². The first-order valence-electron chi connectivity index (χ1n) is 8.62. The third-order valence-electron chi connectivity index (χ3n) is 4.31. The summed E-state index contributed by atoms with van der Waals surface area (Å²) in [7, 11) is 1.36. The standard InChI is InChI=1S/C21H20N4O3/c1-14-11-18(13-23-24-20(26)17-5-4-10-22-12-17)15(2)25(14)19-8-6-16(7-9-19)21(27)28-3/h4-13H,1-3H3,(H,24,26)/b23-13-. The summed E-state index contributed by atoms with van der Waals surface area (Å²) in [5.74, 6) is -0.693. The number of amides is 1. The molecule has 3 rings (SSSR count). The molecule has 1 N–H and O–H groups in total. The van der Waals surface area contributed by atoms with Crippen LogP contribution >= 0.6 is 0 Å². The third-order valence-corrected chi connectivity index (χ3v) is 4.31. The quantitative estimate of drug-likeness (QED) is 0.421. The molecule has 0 aliphatic rings. The number of aryl methyl sites for hydroxylation is 1. The number of methoxy groups -OCH3 is 1. The molecule has 7 heteroatoms. The van der Waals surface area contributed by atoms with Crippen LogP contribution in [0.3, 0.4) is 0 Å². The van der Waals surface area contributed by atoms with Gasteiger partial charge in [0.1, 0.15) is 0 Å². The Kier molecular flexibility index (Phi) is 5.64. The van der Waals surface area contributed by atoms with E-state index in [0.717, 1.165) is 22.6 Å². The lowest BCUT2D eigenvalue weighted by atomic mass is 10.2. The lowest BCUT2D eigenvalue weighted by Crippen LogP contribution is -2.17. The van der Waals surface area contributed by atoms with Gasteiger partial charge in [-0.25, -0.2) is 10.2 Å². The van der Waals surface area contributed by atoms with Gasteiger partial charge in [-0.2, -0.15) is 5.10 Å². The molecule has 0 aliphatic heterocycles. The molecule has 28 heavy (non-hydrogen) atoms. The minimum absolute atomic E-state index is 0.323. The second-order valence-electron chi connectivity index (χ2n) is 6.14. The van der Waals surface area contributed by atoms with Crippen LogP contribution in [0, 0.1) is 13.8 Å². The summed E-state index contributed by atoms with van der Waals surface area (Å²) in [4.78, 5) is 27.5. The Balaban J connectivity index is 1.78. The summed E-state index contributed by atoms with van der Waals surface area (Å²) >= 11 is 0. The van der Waals surface area contributed by atoms with Crippen molar-refractivity contribution in [3.05, 3.63) is 82.9 Å². The number of hydrogen-bond donors (Lipinski definition) is 1. The average molecular weight is 376 g/mol. The molecular formula is C21H20N4O3. The molecule has 142 valence electrons. The fourth-order valence-corrected chi connectivity index (χ4v) is 2.90. The van der Waals surface area contributed by atoms with Crippen LogP contribution in [0.5, 0.6) is 0 Å². The van der Waals surface area contributed by atoms with Crippen molar-refractivity contribution in [1.82, 2.24) is 15.0 Å². The van der Waals surface area contributed by atoms with Crippen molar-refractivity contribution >= 4 is 18.1 Å². The van der Waals surface area contributed by atoms with Gasteiger partial charge in [0.25, 0.3) is 5.91 Å². The number of nitrogens with one attached hydrogen (secondary N) is 1. The minimum atomic E-state index is -0.371. The maximum Gasteiger partial charge on any atom is 0.337 e. The Morgan fingerprint density at radius 3 is 2.54 bits per heavy atom. The molecular weight excluding hydrogens is 356 g/mol. The Labute approximate surface area is 162 Å². The number of hydrazone groups is 1. The van der Waals surface area contributed by atoms with E-state index in [2.05, 4.69) is 15.5 Å². The predicted octanol–water partition coefficient (Wildman–Crippen LogP) is 3.04. The number of carbonyl (C=O) groups excluding carboxylic acids is 2. The van der Waals surface area contributed by atoms with E-state index in [-0.39, 0.29) is 11.9 Å². The zero-order valence-corrected chi connectivity index (χ0v) is 15.8. The lowest BCUT2D eigenvalue weighted by Gasteiger charge is -2.10. The number of benzene rings is 1. The van der Waals surface area contributed by atoms with Crippen LogP contribution in [0.15, 0.2) is 60.0 Å². The fourth-order valence-electron chi connectivity index (χ4n) is 2.90. The molecule has 2 aromatic heterocycles. The minimum Gasteiger partial charge on any atom is -0.465 e.